The number of benzene rings is 1. The quantitative estimate of drug-likeness (QED) is 0.857. The van der Waals surface area contributed by atoms with E-state index in [0.717, 1.165) is 12.0 Å². The number of nitrogens with zero attached hydrogens (tertiary/aromatic N) is 1. The molecule has 0 saturated heterocycles. The SMILES string of the molecule is CCCN(CCO)C(=O)NC(C)c1oc2ccc(F)cc2c1C. The Morgan fingerprint density at radius 3 is 2.83 bits per heavy atom. The Labute approximate surface area is 135 Å². The first-order valence-electron chi connectivity index (χ1n) is 7.82. The van der Waals surface area contributed by atoms with E-state index in [1.807, 2.05) is 20.8 Å². The maximum absolute atomic E-state index is 13.4. The maximum atomic E-state index is 13.4. The van der Waals surface area contributed by atoms with E-state index in [2.05, 4.69) is 5.32 Å². The van der Waals surface area contributed by atoms with Gasteiger partial charge in [0.15, 0.2) is 0 Å². The van der Waals surface area contributed by atoms with Crippen molar-refractivity contribution in [2.24, 2.45) is 0 Å². The average Bonchev–Trinajstić information content (AvgIpc) is 2.84. The van der Waals surface area contributed by atoms with Gasteiger partial charge in [-0.25, -0.2) is 9.18 Å². The molecule has 1 aromatic heterocycles. The molecule has 126 valence electrons. The number of aryl methyl sites for hydroxylation is 1. The maximum Gasteiger partial charge on any atom is 0.318 e. The molecule has 2 N–H and O–H groups in total. The summed E-state index contributed by atoms with van der Waals surface area (Å²) in [5.41, 5.74) is 1.41. The molecule has 1 heterocycles. The fraction of sp³-hybridized carbons (Fsp3) is 0.471. The van der Waals surface area contributed by atoms with Gasteiger partial charge >= 0.3 is 6.03 Å². The summed E-state index contributed by atoms with van der Waals surface area (Å²) in [5, 5.41) is 12.6. The van der Waals surface area contributed by atoms with E-state index in [4.69, 9.17) is 9.52 Å². The van der Waals surface area contributed by atoms with Gasteiger partial charge in [0.05, 0.1) is 12.6 Å². The lowest BCUT2D eigenvalue weighted by Gasteiger charge is -2.23. The van der Waals surface area contributed by atoms with E-state index in [-0.39, 0.29) is 31.0 Å². The Morgan fingerprint density at radius 2 is 2.17 bits per heavy atom. The van der Waals surface area contributed by atoms with E-state index < -0.39 is 0 Å². The molecule has 1 atom stereocenters. The number of carbonyl (C=O) groups is 1. The zero-order chi connectivity index (χ0) is 17.0. The summed E-state index contributed by atoms with van der Waals surface area (Å²) < 4.78 is 19.1. The van der Waals surface area contributed by atoms with E-state index in [1.54, 1.807) is 11.0 Å². The minimum absolute atomic E-state index is 0.0786. The van der Waals surface area contributed by atoms with Crippen molar-refractivity contribution in [3.05, 3.63) is 35.3 Å². The molecule has 2 amide bonds. The summed E-state index contributed by atoms with van der Waals surface area (Å²) in [5.74, 6) is 0.293. The van der Waals surface area contributed by atoms with Crippen LogP contribution < -0.4 is 5.32 Å². The first-order chi connectivity index (χ1) is 11.0. The second kappa shape index (κ2) is 7.46. The molecule has 0 bridgehead atoms. The van der Waals surface area contributed by atoms with Crippen LogP contribution >= 0.6 is 0 Å². The highest BCUT2D eigenvalue weighted by Gasteiger charge is 2.21. The van der Waals surface area contributed by atoms with Crippen molar-refractivity contribution in [2.75, 3.05) is 19.7 Å². The van der Waals surface area contributed by atoms with Crippen molar-refractivity contribution in [3.63, 3.8) is 0 Å². The van der Waals surface area contributed by atoms with Gasteiger partial charge in [-0.05, 0) is 38.5 Å². The summed E-state index contributed by atoms with van der Waals surface area (Å²) >= 11 is 0. The van der Waals surface area contributed by atoms with Gasteiger partial charge in [0, 0.05) is 24.0 Å². The van der Waals surface area contributed by atoms with E-state index in [9.17, 15) is 9.18 Å². The summed E-state index contributed by atoms with van der Waals surface area (Å²) in [6.45, 7) is 6.42. The highest BCUT2D eigenvalue weighted by molar-refractivity contribution is 5.82. The number of hydrogen-bond acceptors (Lipinski definition) is 3. The number of amides is 2. The molecule has 5 nitrogen and oxygen atoms in total. The number of furan rings is 1. The Bertz CT molecular complexity index is 678. The highest BCUT2D eigenvalue weighted by atomic mass is 19.1. The van der Waals surface area contributed by atoms with E-state index in [0.29, 0.717) is 23.3 Å². The van der Waals surface area contributed by atoms with Gasteiger partial charge in [-0.2, -0.15) is 0 Å². The molecule has 1 aromatic carbocycles. The van der Waals surface area contributed by atoms with E-state index in [1.165, 1.54) is 12.1 Å². The third-order valence-electron chi connectivity index (χ3n) is 3.82. The third-order valence-corrected chi connectivity index (χ3v) is 3.82. The molecular formula is C17H23FN2O3. The molecular weight excluding hydrogens is 299 g/mol. The van der Waals surface area contributed by atoms with Crippen LogP contribution in [0.5, 0.6) is 0 Å². The Morgan fingerprint density at radius 1 is 1.43 bits per heavy atom. The van der Waals surface area contributed by atoms with Crippen molar-refractivity contribution in [3.8, 4) is 0 Å². The molecule has 0 spiro atoms. The number of urea groups is 1. The molecule has 2 aromatic rings. The molecule has 0 aliphatic carbocycles. The van der Waals surface area contributed by atoms with Crippen LogP contribution in [0.25, 0.3) is 11.0 Å². The number of aliphatic hydroxyl groups excluding tert-OH is 1. The number of hydrogen-bond donors (Lipinski definition) is 2. The Hall–Kier alpha value is -2.08. The zero-order valence-electron chi connectivity index (χ0n) is 13.7. The van der Waals surface area contributed by atoms with Crippen molar-refractivity contribution in [1.82, 2.24) is 10.2 Å². The molecule has 2 rings (SSSR count). The van der Waals surface area contributed by atoms with Crippen LogP contribution in [0.2, 0.25) is 0 Å². The average molecular weight is 322 g/mol. The number of nitrogens with one attached hydrogen (secondary N) is 1. The van der Waals surface area contributed by atoms with Crippen LogP contribution in [0, 0.1) is 12.7 Å². The molecule has 1 unspecified atom stereocenters. The lowest BCUT2D eigenvalue weighted by Crippen LogP contribution is -2.42. The van der Waals surface area contributed by atoms with Crippen LogP contribution in [-0.2, 0) is 0 Å². The zero-order valence-corrected chi connectivity index (χ0v) is 13.7. The van der Waals surface area contributed by atoms with Crippen molar-refractivity contribution >= 4 is 17.0 Å². The smallest absolute Gasteiger partial charge is 0.318 e. The number of fused-ring (bicyclic) bond motifs is 1. The van der Waals surface area contributed by atoms with Crippen LogP contribution in [0.3, 0.4) is 0 Å². The molecule has 0 aliphatic heterocycles. The number of rotatable bonds is 6. The minimum atomic E-state index is -0.351. The Kier molecular flexibility index (Phi) is 5.60. The van der Waals surface area contributed by atoms with Crippen LogP contribution in [-0.4, -0.2) is 35.7 Å². The summed E-state index contributed by atoms with van der Waals surface area (Å²) in [6.07, 6.45) is 0.810. The Balaban J connectivity index is 2.18. The first kappa shape index (κ1) is 17.3. The second-order valence-electron chi connectivity index (χ2n) is 5.61. The minimum Gasteiger partial charge on any atom is -0.459 e. The standard InChI is InChI=1S/C17H23FN2O3/c1-4-7-20(8-9-21)17(22)19-12(3)16-11(2)14-10-13(18)5-6-15(14)23-16/h5-6,10,12,21H,4,7-9H2,1-3H3,(H,19,22). The predicted octanol–water partition coefficient (Wildman–Crippen LogP) is 3.36. The summed E-state index contributed by atoms with van der Waals surface area (Å²) in [7, 11) is 0. The van der Waals surface area contributed by atoms with Crippen molar-refractivity contribution < 1.29 is 18.7 Å². The monoisotopic (exact) mass is 322 g/mol. The lowest BCUT2D eigenvalue weighted by molar-refractivity contribution is 0.173. The normalized spacial score (nSPS) is 12.4. The fourth-order valence-corrected chi connectivity index (χ4v) is 2.67. The van der Waals surface area contributed by atoms with Gasteiger partial charge in [-0.15, -0.1) is 0 Å². The fourth-order valence-electron chi connectivity index (χ4n) is 2.67. The van der Waals surface area contributed by atoms with Crippen LogP contribution in [0.4, 0.5) is 9.18 Å². The van der Waals surface area contributed by atoms with Crippen LogP contribution in [0.15, 0.2) is 22.6 Å². The molecule has 23 heavy (non-hydrogen) atoms. The summed E-state index contributed by atoms with van der Waals surface area (Å²) in [4.78, 5) is 13.9. The topological polar surface area (TPSA) is 65.7 Å². The van der Waals surface area contributed by atoms with Gasteiger partial charge < -0.3 is 19.7 Å². The van der Waals surface area contributed by atoms with Gasteiger partial charge in [0.1, 0.15) is 17.2 Å². The van der Waals surface area contributed by atoms with Gasteiger partial charge in [0.25, 0.3) is 0 Å². The van der Waals surface area contributed by atoms with Crippen LogP contribution in [0.1, 0.15) is 37.6 Å². The number of carbonyl (C=O) groups excluding carboxylic acids is 1. The number of halogens is 1. The number of aliphatic hydroxyl groups is 1. The third kappa shape index (κ3) is 3.82. The molecule has 0 fully saturated rings. The van der Waals surface area contributed by atoms with E-state index >= 15 is 0 Å². The lowest BCUT2D eigenvalue weighted by atomic mass is 10.1. The van der Waals surface area contributed by atoms with Crippen molar-refractivity contribution in [1.29, 1.82) is 0 Å². The van der Waals surface area contributed by atoms with Crippen molar-refractivity contribution in [2.45, 2.75) is 33.2 Å². The summed E-state index contributed by atoms with van der Waals surface area (Å²) in [6, 6.07) is 3.77. The second-order valence-corrected chi connectivity index (χ2v) is 5.61. The first-order valence-corrected chi connectivity index (χ1v) is 7.82. The molecule has 6 heteroatoms. The van der Waals surface area contributed by atoms with Gasteiger partial charge in [0.2, 0.25) is 0 Å². The van der Waals surface area contributed by atoms with Gasteiger partial charge in [-0.1, -0.05) is 6.92 Å². The molecule has 0 aliphatic rings. The van der Waals surface area contributed by atoms with Gasteiger partial charge in [-0.3, -0.25) is 0 Å². The highest BCUT2D eigenvalue weighted by Crippen LogP contribution is 2.29. The largest absolute Gasteiger partial charge is 0.459 e. The molecule has 0 radical (unpaired) electrons. The predicted molar refractivity (Wildman–Crippen MR) is 86.8 cm³/mol. The molecule has 0 saturated carbocycles.